The molecule has 0 radical (unpaired) electrons. The van der Waals surface area contributed by atoms with Crippen LogP contribution >= 0.6 is 0 Å². The molecule has 2 saturated heterocycles. The highest BCUT2D eigenvalue weighted by Gasteiger charge is 2.35. The lowest BCUT2D eigenvalue weighted by Crippen LogP contribution is -2.47. The smallest absolute Gasteiger partial charge is 0.226 e. The van der Waals surface area contributed by atoms with Gasteiger partial charge in [0, 0.05) is 61.4 Å². The number of likely N-dealkylation sites (tertiary alicyclic amines) is 2. The average molecular weight is 785 g/mol. The van der Waals surface area contributed by atoms with E-state index in [0.29, 0.717) is 17.4 Å². The number of hydrogen-bond donors (Lipinski definition) is 4. The first kappa shape index (κ1) is 40.1. The molecular weight excluding hydrogens is 734 g/mol. The van der Waals surface area contributed by atoms with Crippen LogP contribution in [0.5, 0.6) is 0 Å². The summed E-state index contributed by atoms with van der Waals surface area (Å²) in [5, 5.41) is 19.4. The maximum atomic E-state index is 15.4. The van der Waals surface area contributed by atoms with Crippen molar-refractivity contribution >= 4 is 34.4 Å². The molecule has 1 unspecified atom stereocenters. The third-order valence-electron chi connectivity index (χ3n) is 11.2. The van der Waals surface area contributed by atoms with Crippen LogP contribution < -0.4 is 10.6 Å². The van der Waals surface area contributed by atoms with Crippen LogP contribution in [0.2, 0.25) is 0 Å². The molecule has 1 atom stereocenters. The number of fused-ring (bicyclic) bond motifs is 1. The van der Waals surface area contributed by atoms with Gasteiger partial charge in [-0.1, -0.05) is 45.9 Å². The van der Waals surface area contributed by atoms with Crippen LogP contribution in [0.25, 0.3) is 33.4 Å². The fraction of sp³-hybridized carbons (Fsp3) is 0.476. The molecule has 5 aromatic rings. The van der Waals surface area contributed by atoms with Crippen molar-refractivity contribution in [1.82, 2.24) is 40.2 Å². The minimum Gasteiger partial charge on any atom is -0.307 e. The minimum absolute atomic E-state index is 0.0405. The molecule has 0 aliphatic carbocycles. The number of para-hydroxylation sites is 1. The number of anilines is 2. The van der Waals surface area contributed by atoms with Crippen LogP contribution in [-0.2, 0) is 9.59 Å². The molecule has 4 N–H and O–H groups in total. The lowest BCUT2D eigenvalue weighted by molar-refractivity contribution is -0.119. The largest absolute Gasteiger partial charge is 0.307 e. The van der Waals surface area contributed by atoms with Crippen molar-refractivity contribution in [3.63, 3.8) is 0 Å². The molecule has 15 heteroatoms. The molecule has 302 valence electrons. The van der Waals surface area contributed by atoms with E-state index in [4.69, 9.17) is 0 Å². The number of carbonyl (C=O) groups excluding carboxylic acids is 2. The van der Waals surface area contributed by atoms with Gasteiger partial charge < -0.3 is 20.4 Å². The van der Waals surface area contributed by atoms with Crippen LogP contribution in [0.1, 0.15) is 66.2 Å². The summed E-state index contributed by atoms with van der Waals surface area (Å²) in [6.45, 7) is 13.6. The van der Waals surface area contributed by atoms with E-state index >= 15 is 8.78 Å². The first-order valence-electron chi connectivity index (χ1n) is 19.7. The topological polar surface area (TPSA) is 148 Å². The monoisotopic (exact) mass is 784 g/mol. The van der Waals surface area contributed by atoms with Gasteiger partial charge in [0.25, 0.3) is 0 Å². The maximum absolute atomic E-state index is 15.4. The van der Waals surface area contributed by atoms with Gasteiger partial charge in [0.15, 0.2) is 23.3 Å². The number of aromatic nitrogens is 6. The number of benzene rings is 1. The van der Waals surface area contributed by atoms with Crippen molar-refractivity contribution in [1.29, 1.82) is 0 Å². The van der Waals surface area contributed by atoms with E-state index in [1.54, 1.807) is 6.20 Å². The molecule has 0 spiro atoms. The molecular formula is C42H51F3N10O2. The van der Waals surface area contributed by atoms with Gasteiger partial charge in [-0.05, 0) is 86.2 Å². The number of nitrogens with zero attached hydrogens (tertiary/aromatic N) is 6. The fourth-order valence-electron chi connectivity index (χ4n) is 8.71. The number of H-pyrrole nitrogens is 2. The van der Waals surface area contributed by atoms with Gasteiger partial charge in [-0.15, -0.1) is 0 Å². The first-order chi connectivity index (χ1) is 27.2. The highest BCUT2D eigenvalue weighted by Crippen LogP contribution is 2.35. The standard InChI is InChI=1S/C42H51F3N10O2/c1-41(2,18-33(56)48-40-36(45)38(51-53-40)30-17-31(43)22-46-20-30)24-54-14-11-26(12-15-54)28-9-7-13-55(23-28)25-42(3,4)19-34(57)49-39-35(44)37(50-52-39)29-16-27-8-5-6-10-32(27)47-21-29/h5-6,8,10,16-17,20-22,26,28H,7,9,11-15,18-19,23-25H2,1-4H3,(H2,48,51,53,56)(H2,49,50,52,57). The van der Waals surface area contributed by atoms with Crippen molar-refractivity contribution in [3.8, 4) is 22.5 Å². The minimum atomic E-state index is -0.766. The molecule has 2 amide bonds. The van der Waals surface area contributed by atoms with E-state index in [-0.39, 0.29) is 64.1 Å². The number of piperidine rings is 2. The normalized spacial score (nSPS) is 17.6. The number of pyridine rings is 2. The molecule has 7 rings (SSSR count). The van der Waals surface area contributed by atoms with Gasteiger partial charge in [0.05, 0.1) is 11.7 Å². The van der Waals surface area contributed by atoms with Crippen molar-refractivity contribution in [3.05, 3.63) is 72.4 Å². The van der Waals surface area contributed by atoms with Crippen molar-refractivity contribution in [2.75, 3.05) is 49.9 Å². The van der Waals surface area contributed by atoms with Crippen LogP contribution in [0, 0.1) is 40.1 Å². The van der Waals surface area contributed by atoms with Gasteiger partial charge in [0.2, 0.25) is 11.8 Å². The van der Waals surface area contributed by atoms with E-state index < -0.39 is 17.5 Å². The molecule has 0 bridgehead atoms. The maximum Gasteiger partial charge on any atom is 0.226 e. The van der Waals surface area contributed by atoms with Gasteiger partial charge in [-0.25, -0.2) is 13.2 Å². The number of halogens is 3. The Hall–Kier alpha value is -5.15. The molecule has 57 heavy (non-hydrogen) atoms. The van der Waals surface area contributed by atoms with Crippen LogP contribution in [0.3, 0.4) is 0 Å². The molecule has 2 aliphatic rings. The second kappa shape index (κ2) is 16.8. The van der Waals surface area contributed by atoms with Crippen LogP contribution in [-0.4, -0.2) is 91.2 Å². The first-order valence-corrected chi connectivity index (χ1v) is 19.7. The van der Waals surface area contributed by atoms with Gasteiger partial charge >= 0.3 is 0 Å². The SMILES string of the molecule is CC(C)(CC(=O)Nc1n[nH]c(-c2cncc(F)c2)c1F)CN1CCC(C2CCCN(CC(C)(C)CC(=O)Nc3n[nH]c(-c4cnc5ccccc5c4)c3F)C2)CC1. The van der Waals surface area contributed by atoms with E-state index in [9.17, 15) is 14.0 Å². The molecule has 0 saturated carbocycles. The van der Waals surface area contributed by atoms with Gasteiger partial charge in [-0.3, -0.25) is 29.8 Å². The third kappa shape index (κ3) is 9.88. The fourth-order valence-corrected chi connectivity index (χ4v) is 8.71. The van der Waals surface area contributed by atoms with E-state index in [1.807, 2.05) is 44.2 Å². The number of carbonyl (C=O) groups is 2. The summed E-state index contributed by atoms with van der Waals surface area (Å²) >= 11 is 0. The van der Waals surface area contributed by atoms with E-state index in [2.05, 4.69) is 64.6 Å². The summed E-state index contributed by atoms with van der Waals surface area (Å²) in [7, 11) is 0. The number of amides is 2. The lowest BCUT2D eigenvalue weighted by atomic mass is 9.78. The molecule has 2 fully saturated rings. The Morgan fingerprint density at radius 1 is 0.754 bits per heavy atom. The average Bonchev–Trinajstić information content (AvgIpc) is 3.71. The Bertz CT molecular complexity index is 2210. The Kier molecular flexibility index (Phi) is 11.8. The Balaban J connectivity index is 0.850. The summed E-state index contributed by atoms with van der Waals surface area (Å²) in [6, 6.07) is 10.6. The Morgan fingerprint density at radius 3 is 1.98 bits per heavy atom. The molecule has 2 aliphatic heterocycles. The predicted octanol–water partition coefficient (Wildman–Crippen LogP) is 7.66. The van der Waals surface area contributed by atoms with Crippen LogP contribution in [0.4, 0.5) is 24.8 Å². The zero-order valence-corrected chi connectivity index (χ0v) is 33.0. The number of hydrogen-bond acceptors (Lipinski definition) is 8. The number of rotatable bonds is 13. The third-order valence-corrected chi connectivity index (χ3v) is 11.2. The van der Waals surface area contributed by atoms with Crippen molar-refractivity contribution in [2.24, 2.45) is 22.7 Å². The number of nitrogens with one attached hydrogen (secondary N) is 4. The van der Waals surface area contributed by atoms with Gasteiger partial charge in [-0.2, -0.15) is 10.2 Å². The second-order valence-electron chi connectivity index (χ2n) is 17.4. The van der Waals surface area contributed by atoms with Crippen molar-refractivity contribution in [2.45, 2.75) is 66.2 Å². The quantitative estimate of drug-likeness (QED) is 0.0952. The second-order valence-corrected chi connectivity index (χ2v) is 17.4. The zero-order valence-electron chi connectivity index (χ0n) is 33.0. The van der Waals surface area contributed by atoms with Gasteiger partial charge in [0.1, 0.15) is 17.2 Å². The summed E-state index contributed by atoms with van der Waals surface area (Å²) in [5.74, 6) is -1.78. The highest BCUT2D eigenvalue weighted by atomic mass is 19.1. The Morgan fingerprint density at radius 2 is 1.35 bits per heavy atom. The molecule has 4 aromatic heterocycles. The van der Waals surface area contributed by atoms with Crippen LogP contribution in [0.15, 0.2) is 55.0 Å². The number of aromatic amines is 2. The zero-order chi connectivity index (χ0) is 40.3. The highest BCUT2D eigenvalue weighted by molar-refractivity contribution is 5.92. The summed E-state index contributed by atoms with van der Waals surface area (Å²) in [4.78, 5) is 39.2. The summed E-state index contributed by atoms with van der Waals surface area (Å²) in [5.41, 5.74) is 1.00. The lowest BCUT2D eigenvalue weighted by Gasteiger charge is -2.43. The van der Waals surface area contributed by atoms with Crippen molar-refractivity contribution < 1.29 is 22.8 Å². The molecule has 6 heterocycles. The van der Waals surface area contributed by atoms with E-state index in [1.165, 1.54) is 12.6 Å². The molecule has 1 aromatic carbocycles. The summed E-state index contributed by atoms with van der Waals surface area (Å²) in [6.07, 6.45) is 8.80. The van der Waals surface area contributed by atoms with E-state index in [0.717, 1.165) is 81.7 Å². The summed E-state index contributed by atoms with van der Waals surface area (Å²) < 4.78 is 44.0. The predicted molar refractivity (Wildman–Crippen MR) is 213 cm³/mol. The molecule has 12 nitrogen and oxygen atoms in total. The Labute approximate surface area is 330 Å².